The predicted octanol–water partition coefficient (Wildman–Crippen LogP) is 1.59. The second kappa shape index (κ2) is 6.40. The van der Waals surface area contributed by atoms with Crippen LogP contribution in [-0.2, 0) is 19.6 Å². The summed E-state index contributed by atoms with van der Waals surface area (Å²) in [6.07, 6.45) is -0.592. The zero-order valence-electron chi connectivity index (χ0n) is 12.8. The van der Waals surface area contributed by atoms with Gasteiger partial charge in [0, 0.05) is 12.1 Å². The van der Waals surface area contributed by atoms with Gasteiger partial charge in [0.05, 0.1) is 13.2 Å². The predicted molar refractivity (Wildman–Crippen MR) is 76.4 cm³/mol. The van der Waals surface area contributed by atoms with Crippen molar-refractivity contribution in [3.63, 3.8) is 0 Å². The van der Waals surface area contributed by atoms with Gasteiger partial charge in [0.15, 0.2) is 4.90 Å². The number of nitrogens with one attached hydrogen (secondary N) is 1. The van der Waals surface area contributed by atoms with E-state index >= 15 is 0 Å². The quantitative estimate of drug-likeness (QED) is 0.893. The fraction of sp³-hybridized carbons (Fsp3) is 0.500. The van der Waals surface area contributed by atoms with Gasteiger partial charge in [0.2, 0.25) is 0 Å². The van der Waals surface area contributed by atoms with Gasteiger partial charge in [0.1, 0.15) is 23.5 Å². The smallest absolute Gasteiger partial charge is 0.269 e. The number of halogens is 2. The van der Waals surface area contributed by atoms with Crippen LogP contribution in [0.4, 0.5) is 8.78 Å². The molecular formula is C14H17F2NO5S. The van der Waals surface area contributed by atoms with Gasteiger partial charge in [-0.2, -0.15) is 0 Å². The first kappa shape index (κ1) is 17.6. The summed E-state index contributed by atoms with van der Waals surface area (Å²) < 4.78 is 63.6. The van der Waals surface area contributed by atoms with Crippen molar-refractivity contribution in [2.75, 3.05) is 7.11 Å². The number of carbonyl (C=O) groups excluding carboxylic acids is 1. The molecule has 6 nitrogen and oxygen atoms in total. The van der Waals surface area contributed by atoms with Gasteiger partial charge in [-0.3, -0.25) is 4.79 Å². The Morgan fingerprint density at radius 1 is 1.30 bits per heavy atom. The van der Waals surface area contributed by atoms with Crippen molar-refractivity contribution < 1.29 is 31.5 Å². The molecule has 2 rings (SSSR count). The van der Waals surface area contributed by atoms with Crippen LogP contribution in [0.15, 0.2) is 17.0 Å². The summed E-state index contributed by atoms with van der Waals surface area (Å²) in [5.74, 6) is -4.03. The molecular weight excluding hydrogens is 332 g/mol. The van der Waals surface area contributed by atoms with Gasteiger partial charge in [-0.25, -0.2) is 21.9 Å². The van der Waals surface area contributed by atoms with E-state index < -0.39 is 38.6 Å². The van der Waals surface area contributed by atoms with Crippen LogP contribution in [0.5, 0.6) is 5.75 Å². The molecule has 1 aromatic carbocycles. The van der Waals surface area contributed by atoms with Crippen LogP contribution < -0.4 is 9.46 Å². The summed E-state index contributed by atoms with van der Waals surface area (Å²) in [7, 11) is -3.52. The highest BCUT2D eigenvalue weighted by Gasteiger charge is 2.38. The minimum atomic E-state index is -4.71. The van der Waals surface area contributed by atoms with E-state index in [-0.39, 0.29) is 17.8 Å². The molecule has 1 aliphatic heterocycles. The Morgan fingerprint density at radius 3 is 2.30 bits per heavy atom. The lowest BCUT2D eigenvalue weighted by Crippen LogP contribution is -2.41. The highest BCUT2D eigenvalue weighted by atomic mass is 32.2. The number of benzene rings is 1. The van der Waals surface area contributed by atoms with Gasteiger partial charge in [-0.05, 0) is 19.3 Å². The molecule has 23 heavy (non-hydrogen) atoms. The molecule has 3 atom stereocenters. The fourth-order valence-corrected chi connectivity index (χ4v) is 3.67. The summed E-state index contributed by atoms with van der Waals surface area (Å²) >= 11 is 0. The summed E-state index contributed by atoms with van der Waals surface area (Å²) in [5, 5.41) is 0. The van der Waals surface area contributed by atoms with Crippen molar-refractivity contribution in [1.29, 1.82) is 0 Å². The average molecular weight is 349 g/mol. The Balaban J connectivity index is 2.28. The molecule has 1 amide bonds. The van der Waals surface area contributed by atoms with Gasteiger partial charge < -0.3 is 9.47 Å². The minimum Gasteiger partial charge on any atom is -0.497 e. The Labute approximate surface area is 132 Å². The van der Waals surface area contributed by atoms with E-state index in [1.165, 1.54) is 7.11 Å². The number of hydrogen-bond donors (Lipinski definition) is 1. The molecule has 0 aliphatic carbocycles. The van der Waals surface area contributed by atoms with Gasteiger partial charge in [0.25, 0.3) is 15.9 Å². The van der Waals surface area contributed by atoms with Crippen LogP contribution in [0.1, 0.15) is 20.3 Å². The van der Waals surface area contributed by atoms with E-state index in [4.69, 9.17) is 4.74 Å². The SMILES string of the molecule is COc1cc(F)c(S(=O)(=O)NC(=O)C2OC(C)CC2C)c(F)c1. The van der Waals surface area contributed by atoms with Crippen molar-refractivity contribution in [2.24, 2.45) is 5.92 Å². The summed E-state index contributed by atoms with van der Waals surface area (Å²) in [5.41, 5.74) is 0. The lowest BCUT2D eigenvalue weighted by molar-refractivity contribution is -0.131. The third-order valence-electron chi connectivity index (χ3n) is 3.57. The number of rotatable bonds is 4. The molecule has 9 heteroatoms. The Bertz CT molecular complexity index is 699. The number of methoxy groups -OCH3 is 1. The maximum Gasteiger partial charge on any atom is 0.269 e. The zero-order valence-corrected chi connectivity index (χ0v) is 13.6. The van der Waals surface area contributed by atoms with Crippen LogP contribution in [0.25, 0.3) is 0 Å². The molecule has 0 spiro atoms. The Kier molecular flexibility index (Phi) is 4.90. The van der Waals surface area contributed by atoms with Crippen molar-refractivity contribution in [2.45, 2.75) is 37.4 Å². The molecule has 0 bridgehead atoms. The highest BCUT2D eigenvalue weighted by molar-refractivity contribution is 7.90. The number of hydrogen-bond acceptors (Lipinski definition) is 5. The Hall–Kier alpha value is -1.74. The van der Waals surface area contributed by atoms with Crippen molar-refractivity contribution >= 4 is 15.9 Å². The van der Waals surface area contributed by atoms with Crippen LogP contribution in [-0.4, -0.2) is 33.6 Å². The lowest BCUT2D eigenvalue weighted by atomic mass is 10.0. The third-order valence-corrected chi connectivity index (χ3v) is 4.97. The van der Waals surface area contributed by atoms with Gasteiger partial charge in [-0.1, -0.05) is 6.92 Å². The molecule has 1 aromatic rings. The van der Waals surface area contributed by atoms with Crippen LogP contribution in [0.2, 0.25) is 0 Å². The van der Waals surface area contributed by atoms with E-state index in [0.717, 1.165) is 12.1 Å². The van der Waals surface area contributed by atoms with Crippen LogP contribution in [0, 0.1) is 17.6 Å². The molecule has 128 valence electrons. The van der Waals surface area contributed by atoms with E-state index in [9.17, 15) is 22.0 Å². The second-order valence-electron chi connectivity index (χ2n) is 5.47. The summed E-state index contributed by atoms with van der Waals surface area (Å²) in [6.45, 7) is 3.48. The first-order valence-corrected chi connectivity index (χ1v) is 8.39. The van der Waals surface area contributed by atoms with Gasteiger partial charge >= 0.3 is 0 Å². The normalized spacial score (nSPS) is 24.5. The number of carbonyl (C=O) groups is 1. The molecule has 0 saturated carbocycles. The highest BCUT2D eigenvalue weighted by Crippen LogP contribution is 2.27. The van der Waals surface area contributed by atoms with Crippen molar-refractivity contribution in [3.05, 3.63) is 23.8 Å². The average Bonchev–Trinajstić information content (AvgIpc) is 2.75. The fourth-order valence-electron chi connectivity index (χ4n) is 2.56. The summed E-state index contributed by atoms with van der Waals surface area (Å²) in [4.78, 5) is 10.8. The first-order valence-electron chi connectivity index (χ1n) is 6.91. The zero-order chi connectivity index (χ0) is 17.4. The molecule has 0 radical (unpaired) electrons. The van der Waals surface area contributed by atoms with Crippen LogP contribution >= 0.6 is 0 Å². The van der Waals surface area contributed by atoms with E-state index in [0.29, 0.717) is 6.42 Å². The standard InChI is InChI=1S/C14H17F2NO5S/c1-7-4-8(2)22-12(7)14(18)17-23(19,20)13-10(15)5-9(21-3)6-11(13)16/h5-8,12H,4H2,1-3H3,(H,17,18). The Morgan fingerprint density at radius 2 is 1.87 bits per heavy atom. The maximum atomic E-state index is 13.9. The molecule has 3 unspecified atom stereocenters. The number of amides is 1. The topological polar surface area (TPSA) is 81.7 Å². The molecule has 1 N–H and O–H groups in total. The van der Waals surface area contributed by atoms with Crippen LogP contribution in [0.3, 0.4) is 0 Å². The number of ether oxygens (including phenoxy) is 2. The molecule has 1 fully saturated rings. The van der Waals surface area contributed by atoms with Crippen molar-refractivity contribution in [3.8, 4) is 5.75 Å². The number of sulfonamides is 1. The molecule has 0 aromatic heterocycles. The lowest BCUT2D eigenvalue weighted by Gasteiger charge is -2.15. The maximum absolute atomic E-state index is 13.9. The van der Waals surface area contributed by atoms with E-state index in [1.54, 1.807) is 18.6 Å². The minimum absolute atomic E-state index is 0.174. The molecule has 1 aliphatic rings. The second-order valence-corrected chi connectivity index (χ2v) is 7.09. The van der Waals surface area contributed by atoms with E-state index in [1.807, 2.05) is 0 Å². The van der Waals surface area contributed by atoms with E-state index in [2.05, 4.69) is 4.74 Å². The summed E-state index contributed by atoms with van der Waals surface area (Å²) in [6, 6.07) is 1.44. The monoisotopic (exact) mass is 349 g/mol. The molecule has 1 heterocycles. The van der Waals surface area contributed by atoms with Gasteiger partial charge in [-0.15, -0.1) is 0 Å². The molecule has 1 saturated heterocycles. The first-order chi connectivity index (χ1) is 10.7. The largest absolute Gasteiger partial charge is 0.497 e. The van der Waals surface area contributed by atoms with Crippen molar-refractivity contribution in [1.82, 2.24) is 4.72 Å². The third kappa shape index (κ3) is 3.61.